The van der Waals surface area contributed by atoms with E-state index in [1.54, 1.807) is 0 Å². The lowest BCUT2D eigenvalue weighted by Crippen LogP contribution is -2.01. The van der Waals surface area contributed by atoms with E-state index in [9.17, 15) is 0 Å². The summed E-state index contributed by atoms with van der Waals surface area (Å²) in [6.07, 6.45) is 0. The Bertz CT molecular complexity index is 2900. The summed E-state index contributed by atoms with van der Waals surface area (Å²) in [5, 5.41) is 6.75. The summed E-state index contributed by atoms with van der Waals surface area (Å²) >= 11 is 0. The molecule has 0 fully saturated rings. The number of furan rings is 1. The van der Waals surface area contributed by atoms with Crippen molar-refractivity contribution in [3.05, 3.63) is 176 Å². The van der Waals surface area contributed by atoms with Gasteiger partial charge >= 0.3 is 0 Å². The molecule has 4 nitrogen and oxygen atoms in total. The van der Waals surface area contributed by atoms with Gasteiger partial charge in [-0.25, -0.2) is 15.0 Å². The minimum absolute atomic E-state index is 0.605. The van der Waals surface area contributed by atoms with Crippen LogP contribution in [0.4, 0.5) is 0 Å². The Balaban J connectivity index is 1.13. The maximum Gasteiger partial charge on any atom is 0.164 e. The van der Waals surface area contributed by atoms with Gasteiger partial charge in [-0.3, -0.25) is 0 Å². The van der Waals surface area contributed by atoms with Gasteiger partial charge in [-0.2, -0.15) is 0 Å². The second-order valence-corrected chi connectivity index (χ2v) is 12.8. The molecule has 51 heavy (non-hydrogen) atoms. The molecule has 0 spiro atoms. The van der Waals surface area contributed by atoms with Crippen molar-refractivity contribution >= 4 is 43.5 Å². The van der Waals surface area contributed by atoms with Crippen LogP contribution < -0.4 is 0 Å². The molecule has 2 heterocycles. The summed E-state index contributed by atoms with van der Waals surface area (Å²) in [4.78, 5) is 15.4. The van der Waals surface area contributed by atoms with Crippen molar-refractivity contribution in [2.45, 2.75) is 0 Å². The summed E-state index contributed by atoms with van der Waals surface area (Å²) in [6, 6.07) is 61.1. The van der Waals surface area contributed by atoms with Gasteiger partial charge in [0, 0.05) is 27.5 Å². The van der Waals surface area contributed by atoms with Crippen LogP contribution in [0.15, 0.2) is 180 Å². The molecule has 0 amide bonds. The van der Waals surface area contributed by atoms with Gasteiger partial charge in [0.15, 0.2) is 17.5 Å². The molecule has 10 rings (SSSR count). The van der Waals surface area contributed by atoms with Crippen LogP contribution in [0, 0.1) is 0 Å². The van der Waals surface area contributed by atoms with Crippen LogP contribution in [0.2, 0.25) is 0 Å². The quantitative estimate of drug-likeness (QED) is 0.186. The molecule has 0 bridgehead atoms. The standard InChI is InChI=1S/C47H29N3O/c1-2-13-33(14-3-1)45-48-46(50-47(49-45)41-23-11-25-43-44(41)40-17-6-7-24-42(40)51-43)39-22-10-20-37-36(19-9-21-38(37)39)32-28-26-31(27-29-32)35-18-8-15-30-12-4-5-16-34(30)35/h1-29H. The predicted octanol–water partition coefficient (Wildman–Crippen LogP) is 12.4. The molecule has 0 atom stereocenters. The molecule has 0 aliphatic rings. The normalized spacial score (nSPS) is 11.5. The lowest BCUT2D eigenvalue weighted by molar-refractivity contribution is 0.669. The molecule has 0 unspecified atom stereocenters. The largest absolute Gasteiger partial charge is 0.456 e. The van der Waals surface area contributed by atoms with Gasteiger partial charge in [-0.1, -0.05) is 164 Å². The van der Waals surface area contributed by atoms with E-state index < -0.39 is 0 Å². The van der Waals surface area contributed by atoms with Crippen molar-refractivity contribution in [1.82, 2.24) is 15.0 Å². The van der Waals surface area contributed by atoms with E-state index in [2.05, 4.69) is 115 Å². The zero-order chi connectivity index (χ0) is 33.7. The molecule has 0 radical (unpaired) electrons. The fourth-order valence-electron chi connectivity index (χ4n) is 7.36. The third-order valence-electron chi connectivity index (χ3n) is 9.77. The molecule has 4 heteroatoms. The van der Waals surface area contributed by atoms with Crippen molar-refractivity contribution in [3.8, 4) is 56.4 Å². The van der Waals surface area contributed by atoms with Crippen LogP contribution in [0.3, 0.4) is 0 Å². The molecule has 2 aromatic heterocycles. The molecule has 0 aliphatic carbocycles. The van der Waals surface area contributed by atoms with Crippen molar-refractivity contribution < 1.29 is 4.42 Å². The van der Waals surface area contributed by atoms with Crippen LogP contribution in [-0.4, -0.2) is 15.0 Å². The van der Waals surface area contributed by atoms with Gasteiger partial charge in [0.25, 0.3) is 0 Å². The van der Waals surface area contributed by atoms with E-state index in [1.165, 1.54) is 21.9 Å². The summed E-state index contributed by atoms with van der Waals surface area (Å²) in [6.45, 7) is 0. The molecule has 0 aliphatic heterocycles. The van der Waals surface area contributed by atoms with E-state index >= 15 is 0 Å². The average molecular weight is 652 g/mol. The maximum absolute atomic E-state index is 6.24. The Labute approximate surface area is 294 Å². The average Bonchev–Trinajstić information content (AvgIpc) is 3.59. The molecule has 0 N–H and O–H groups in total. The number of hydrogen-bond acceptors (Lipinski definition) is 4. The van der Waals surface area contributed by atoms with E-state index in [0.29, 0.717) is 17.5 Å². The molecule has 0 saturated carbocycles. The van der Waals surface area contributed by atoms with Crippen LogP contribution >= 0.6 is 0 Å². The Morgan fingerprint density at radius 3 is 1.57 bits per heavy atom. The van der Waals surface area contributed by atoms with Gasteiger partial charge in [0.1, 0.15) is 11.2 Å². The third kappa shape index (κ3) is 4.96. The topological polar surface area (TPSA) is 51.8 Å². The van der Waals surface area contributed by atoms with Crippen LogP contribution in [0.1, 0.15) is 0 Å². The Hall–Kier alpha value is -6.91. The number of fused-ring (bicyclic) bond motifs is 5. The van der Waals surface area contributed by atoms with E-state index in [4.69, 9.17) is 19.4 Å². The lowest BCUT2D eigenvalue weighted by atomic mass is 9.93. The predicted molar refractivity (Wildman–Crippen MR) is 209 cm³/mol. The summed E-state index contributed by atoms with van der Waals surface area (Å²) < 4.78 is 6.24. The monoisotopic (exact) mass is 651 g/mol. The first-order chi connectivity index (χ1) is 25.3. The SMILES string of the molecule is c1ccc(-c2nc(-c3cccc4c(-c5ccc(-c6cccc7ccccc67)cc5)cccc34)nc(-c3cccc4oc5ccccc5c34)n2)cc1. The summed E-state index contributed by atoms with van der Waals surface area (Å²) in [7, 11) is 0. The van der Waals surface area contributed by atoms with Crippen molar-refractivity contribution in [1.29, 1.82) is 0 Å². The zero-order valence-corrected chi connectivity index (χ0v) is 27.5. The molecule has 8 aromatic carbocycles. The number of hydrogen-bond donors (Lipinski definition) is 0. The smallest absolute Gasteiger partial charge is 0.164 e. The van der Waals surface area contributed by atoms with Crippen molar-refractivity contribution in [2.75, 3.05) is 0 Å². The highest BCUT2D eigenvalue weighted by Crippen LogP contribution is 2.39. The molecule has 10 aromatic rings. The minimum atomic E-state index is 0.605. The number of rotatable bonds is 5. The fourth-order valence-corrected chi connectivity index (χ4v) is 7.36. The maximum atomic E-state index is 6.24. The first-order valence-corrected chi connectivity index (χ1v) is 17.1. The summed E-state index contributed by atoms with van der Waals surface area (Å²) in [5.41, 5.74) is 9.17. The Kier molecular flexibility index (Phi) is 6.78. The molecule has 238 valence electrons. The van der Waals surface area contributed by atoms with E-state index in [1.807, 2.05) is 60.7 Å². The van der Waals surface area contributed by atoms with Crippen LogP contribution in [0.25, 0.3) is 99.9 Å². The van der Waals surface area contributed by atoms with Gasteiger partial charge in [0.2, 0.25) is 0 Å². The number of para-hydroxylation sites is 1. The highest BCUT2D eigenvalue weighted by atomic mass is 16.3. The Morgan fingerprint density at radius 2 is 0.784 bits per heavy atom. The Morgan fingerprint density at radius 1 is 0.294 bits per heavy atom. The summed E-state index contributed by atoms with van der Waals surface area (Å²) in [5.74, 6) is 1.85. The highest BCUT2D eigenvalue weighted by Gasteiger charge is 2.19. The van der Waals surface area contributed by atoms with Crippen molar-refractivity contribution in [3.63, 3.8) is 0 Å². The second kappa shape index (κ2) is 11.9. The van der Waals surface area contributed by atoms with Crippen LogP contribution in [0.5, 0.6) is 0 Å². The third-order valence-corrected chi connectivity index (χ3v) is 9.77. The van der Waals surface area contributed by atoms with Gasteiger partial charge in [0.05, 0.1) is 0 Å². The number of benzene rings is 8. The molecule has 0 saturated heterocycles. The van der Waals surface area contributed by atoms with Gasteiger partial charge in [-0.05, 0) is 55.9 Å². The van der Waals surface area contributed by atoms with E-state index in [0.717, 1.165) is 60.5 Å². The van der Waals surface area contributed by atoms with Gasteiger partial charge < -0.3 is 4.42 Å². The van der Waals surface area contributed by atoms with Crippen molar-refractivity contribution in [2.24, 2.45) is 0 Å². The first-order valence-electron chi connectivity index (χ1n) is 17.1. The van der Waals surface area contributed by atoms with Crippen LogP contribution in [-0.2, 0) is 0 Å². The zero-order valence-electron chi connectivity index (χ0n) is 27.5. The second-order valence-electron chi connectivity index (χ2n) is 12.8. The minimum Gasteiger partial charge on any atom is -0.456 e. The lowest BCUT2D eigenvalue weighted by Gasteiger charge is -2.13. The molecular weight excluding hydrogens is 623 g/mol. The van der Waals surface area contributed by atoms with Gasteiger partial charge in [-0.15, -0.1) is 0 Å². The molecular formula is C47H29N3O. The highest BCUT2D eigenvalue weighted by molar-refractivity contribution is 6.12. The number of aromatic nitrogens is 3. The number of nitrogens with zero attached hydrogens (tertiary/aromatic N) is 3. The first kappa shape index (κ1) is 29.0. The van der Waals surface area contributed by atoms with E-state index in [-0.39, 0.29) is 0 Å². The fraction of sp³-hybridized carbons (Fsp3) is 0.